The number of rotatable bonds is 3. The van der Waals surface area contributed by atoms with Gasteiger partial charge >= 0.3 is 5.63 Å². The molecular weight excluding hydrogens is 324 g/mol. The molecule has 122 valence electrons. The molecule has 0 N–H and O–H groups in total. The minimum Gasteiger partial charge on any atom is -0.484 e. The van der Waals surface area contributed by atoms with E-state index in [0.29, 0.717) is 16.4 Å². The summed E-state index contributed by atoms with van der Waals surface area (Å²) >= 11 is 6.43. The van der Waals surface area contributed by atoms with Gasteiger partial charge in [0.05, 0.1) is 5.02 Å². The molecule has 0 fully saturated rings. The summed E-state index contributed by atoms with van der Waals surface area (Å²) in [4.78, 5) is 12.1. The molecule has 3 nitrogen and oxygen atoms in total. The maximum atomic E-state index is 12.1. The smallest absolute Gasteiger partial charge is 0.339 e. The van der Waals surface area contributed by atoms with Crippen LogP contribution in [0, 0.1) is 0 Å². The molecule has 1 aliphatic rings. The fourth-order valence-corrected chi connectivity index (χ4v) is 3.56. The molecule has 1 aliphatic carbocycles. The average molecular weight is 341 g/mol. The van der Waals surface area contributed by atoms with Gasteiger partial charge in [0.15, 0.2) is 0 Å². The van der Waals surface area contributed by atoms with Crippen LogP contribution >= 0.6 is 11.6 Å². The number of aryl methyl sites for hydroxylation is 1. The molecule has 0 aliphatic heterocycles. The number of hydrogen-bond donors (Lipinski definition) is 0. The first kappa shape index (κ1) is 15.3. The highest BCUT2D eigenvalue weighted by Crippen LogP contribution is 2.36. The molecule has 2 aromatic carbocycles. The van der Waals surface area contributed by atoms with Crippen molar-refractivity contribution in [2.45, 2.75) is 32.3 Å². The summed E-state index contributed by atoms with van der Waals surface area (Å²) in [6.45, 7) is 1.97. The summed E-state index contributed by atoms with van der Waals surface area (Å²) in [5.74, 6) is 0.529. The molecule has 0 unspecified atom stereocenters. The highest BCUT2D eigenvalue weighted by Gasteiger charge is 2.21. The Morgan fingerprint density at radius 1 is 1.12 bits per heavy atom. The van der Waals surface area contributed by atoms with Gasteiger partial charge in [-0.15, -0.1) is 0 Å². The van der Waals surface area contributed by atoms with Crippen LogP contribution in [0.15, 0.2) is 51.7 Å². The van der Waals surface area contributed by atoms with Crippen LogP contribution in [0.3, 0.4) is 0 Å². The van der Waals surface area contributed by atoms with Crippen molar-refractivity contribution in [2.75, 3.05) is 0 Å². The topological polar surface area (TPSA) is 39.4 Å². The number of fused-ring (bicyclic) bond motifs is 3. The summed E-state index contributed by atoms with van der Waals surface area (Å²) in [5.41, 5.74) is 3.24. The molecule has 24 heavy (non-hydrogen) atoms. The van der Waals surface area contributed by atoms with E-state index >= 15 is 0 Å². The van der Waals surface area contributed by atoms with Gasteiger partial charge in [0.1, 0.15) is 17.4 Å². The normalized spacial score (nSPS) is 14.6. The van der Waals surface area contributed by atoms with E-state index in [1.807, 2.05) is 43.3 Å². The van der Waals surface area contributed by atoms with Gasteiger partial charge in [-0.3, -0.25) is 0 Å². The van der Waals surface area contributed by atoms with Crippen molar-refractivity contribution in [3.8, 4) is 5.75 Å². The molecule has 0 saturated carbocycles. The van der Waals surface area contributed by atoms with E-state index in [-0.39, 0.29) is 11.7 Å². The standard InChI is InChI=1S/C20H17ClO3/c1-12(13-6-3-2-4-7-13)23-19-11-18-16(10-17(19)21)14-8-5-9-15(14)20(22)24-18/h2-4,6-7,10-12H,5,8-9H2,1H3/t12-/m1/s1. The van der Waals surface area contributed by atoms with Crippen LogP contribution in [0.5, 0.6) is 5.75 Å². The van der Waals surface area contributed by atoms with Crippen molar-refractivity contribution in [2.24, 2.45) is 0 Å². The molecule has 4 heteroatoms. The highest BCUT2D eigenvalue weighted by molar-refractivity contribution is 6.32. The van der Waals surface area contributed by atoms with E-state index in [1.54, 1.807) is 6.07 Å². The van der Waals surface area contributed by atoms with E-state index in [0.717, 1.165) is 41.3 Å². The van der Waals surface area contributed by atoms with Gasteiger partial charge in [-0.25, -0.2) is 4.79 Å². The summed E-state index contributed by atoms with van der Waals surface area (Å²) in [7, 11) is 0. The Kier molecular flexibility index (Phi) is 3.81. The SMILES string of the molecule is C[C@@H](Oc1cc2oc(=O)c3c(c2cc1Cl)CCC3)c1ccccc1. The second-order valence-electron chi connectivity index (χ2n) is 6.15. The van der Waals surface area contributed by atoms with Crippen molar-refractivity contribution in [1.82, 2.24) is 0 Å². The minimum atomic E-state index is -0.237. The zero-order valence-corrected chi connectivity index (χ0v) is 14.1. The van der Waals surface area contributed by atoms with Crippen molar-refractivity contribution in [1.29, 1.82) is 0 Å². The van der Waals surface area contributed by atoms with Gasteiger partial charge in [0.2, 0.25) is 0 Å². The van der Waals surface area contributed by atoms with Crippen LogP contribution in [0.2, 0.25) is 5.02 Å². The zero-order valence-electron chi connectivity index (χ0n) is 13.3. The Labute approximate surface area is 144 Å². The third-order valence-corrected chi connectivity index (χ3v) is 4.89. The molecule has 0 amide bonds. The Bertz CT molecular complexity index is 960. The molecule has 0 saturated heterocycles. The first-order valence-electron chi connectivity index (χ1n) is 8.13. The third kappa shape index (κ3) is 2.59. The van der Waals surface area contributed by atoms with E-state index in [4.69, 9.17) is 20.8 Å². The number of benzene rings is 2. The predicted octanol–water partition coefficient (Wildman–Crippen LogP) is 5.08. The highest BCUT2D eigenvalue weighted by atomic mass is 35.5. The van der Waals surface area contributed by atoms with E-state index in [2.05, 4.69) is 0 Å². The molecule has 4 rings (SSSR count). The van der Waals surface area contributed by atoms with Crippen molar-refractivity contribution >= 4 is 22.6 Å². The Balaban J connectivity index is 1.76. The number of hydrogen-bond acceptors (Lipinski definition) is 3. The van der Waals surface area contributed by atoms with Crippen LogP contribution in [-0.4, -0.2) is 0 Å². The van der Waals surface area contributed by atoms with Gasteiger partial charge in [-0.2, -0.15) is 0 Å². The number of ether oxygens (including phenoxy) is 1. The largest absolute Gasteiger partial charge is 0.484 e. The minimum absolute atomic E-state index is 0.151. The summed E-state index contributed by atoms with van der Waals surface area (Å²) in [6, 6.07) is 13.5. The molecular formula is C20H17ClO3. The van der Waals surface area contributed by atoms with Gasteiger partial charge in [0.25, 0.3) is 0 Å². The fourth-order valence-electron chi connectivity index (χ4n) is 3.36. The van der Waals surface area contributed by atoms with Crippen LogP contribution < -0.4 is 10.4 Å². The second-order valence-corrected chi connectivity index (χ2v) is 6.56. The maximum absolute atomic E-state index is 12.1. The van der Waals surface area contributed by atoms with E-state index in [1.165, 1.54) is 0 Å². The molecule has 0 bridgehead atoms. The summed E-state index contributed by atoms with van der Waals surface area (Å²) in [5, 5.41) is 1.46. The number of halogens is 1. The summed E-state index contributed by atoms with van der Waals surface area (Å²) in [6.07, 6.45) is 2.52. The lowest BCUT2D eigenvalue weighted by atomic mass is 10.1. The molecule has 3 aromatic rings. The van der Waals surface area contributed by atoms with Crippen LogP contribution in [0.1, 0.15) is 36.1 Å². The lowest BCUT2D eigenvalue weighted by Crippen LogP contribution is -2.07. The molecule has 0 spiro atoms. The van der Waals surface area contributed by atoms with Crippen LogP contribution in [0.25, 0.3) is 11.0 Å². The van der Waals surface area contributed by atoms with Gasteiger partial charge < -0.3 is 9.15 Å². The fraction of sp³-hybridized carbons (Fsp3) is 0.250. The molecule has 1 atom stereocenters. The maximum Gasteiger partial charge on any atom is 0.339 e. The first-order chi connectivity index (χ1) is 11.6. The third-order valence-electron chi connectivity index (χ3n) is 4.60. The first-order valence-corrected chi connectivity index (χ1v) is 8.51. The van der Waals surface area contributed by atoms with Crippen molar-refractivity contribution in [3.05, 3.63) is 74.6 Å². The quantitative estimate of drug-likeness (QED) is 0.624. The lowest BCUT2D eigenvalue weighted by molar-refractivity contribution is 0.227. The Morgan fingerprint density at radius 2 is 1.88 bits per heavy atom. The van der Waals surface area contributed by atoms with Crippen molar-refractivity contribution < 1.29 is 9.15 Å². The molecule has 1 heterocycles. The van der Waals surface area contributed by atoms with E-state index < -0.39 is 0 Å². The van der Waals surface area contributed by atoms with E-state index in [9.17, 15) is 4.79 Å². The van der Waals surface area contributed by atoms with Crippen LogP contribution in [-0.2, 0) is 12.8 Å². The van der Waals surface area contributed by atoms with Crippen LogP contribution in [0.4, 0.5) is 0 Å². The predicted molar refractivity (Wildman–Crippen MR) is 95.0 cm³/mol. The molecule has 1 aromatic heterocycles. The monoisotopic (exact) mass is 340 g/mol. The van der Waals surface area contributed by atoms with Crippen molar-refractivity contribution in [3.63, 3.8) is 0 Å². The summed E-state index contributed by atoms with van der Waals surface area (Å²) < 4.78 is 11.5. The lowest BCUT2D eigenvalue weighted by Gasteiger charge is -2.17. The van der Waals surface area contributed by atoms with Gasteiger partial charge in [-0.05, 0) is 43.4 Å². The molecule has 0 radical (unpaired) electrons. The Hall–Kier alpha value is -2.26. The van der Waals surface area contributed by atoms with Gasteiger partial charge in [-0.1, -0.05) is 41.9 Å². The van der Waals surface area contributed by atoms with Gasteiger partial charge in [0, 0.05) is 17.0 Å². The average Bonchev–Trinajstić information content (AvgIpc) is 3.08. The second kappa shape index (κ2) is 5.99. The Morgan fingerprint density at radius 3 is 2.67 bits per heavy atom. The zero-order chi connectivity index (χ0) is 16.7.